The molecule has 35 heavy (non-hydrogen) atoms. The van der Waals surface area contributed by atoms with Crippen molar-refractivity contribution in [2.75, 3.05) is 13.2 Å². The molecule has 2 saturated heterocycles. The molecule has 0 bridgehead atoms. The van der Waals surface area contributed by atoms with E-state index in [1.54, 1.807) is 6.07 Å². The van der Waals surface area contributed by atoms with Crippen LogP contribution < -0.4 is 0 Å². The second kappa shape index (κ2) is 8.84. The smallest absolute Gasteiger partial charge is 0.336 e. The number of non-ortho nitro benzene ring substituents is 1. The number of nitrogens with zero attached hydrogens (tertiary/aromatic N) is 1. The van der Waals surface area contributed by atoms with Gasteiger partial charge in [0.25, 0.3) is 5.69 Å². The summed E-state index contributed by atoms with van der Waals surface area (Å²) in [5.74, 6) is 0.0772. The highest BCUT2D eigenvalue weighted by molar-refractivity contribution is 5.91. The molecule has 1 aromatic carbocycles. The zero-order chi connectivity index (χ0) is 25.0. The van der Waals surface area contributed by atoms with E-state index < -0.39 is 23.3 Å². The number of benzene rings is 1. The standard InChI is InChI=1S/C27H33NO7/c1-16-7-10-22-26(2,20(16)9-8-19-21(29)14-33-24(19)30)12-11-23-27(22,3)15-34-25(35-23)17-5-4-6-18(13-17)28(31)32/h4-6,8,13,20-23,25,29H,1,7,9-12,14-15H2,2-3H3/b19-8+/t20-,21-,22+,23-,25?,26+,27+/m1/s1. The molecule has 8 heteroatoms. The van der Waals surface area contributed by atoms with Crippen LogP contribution in [0.2, 0.25) is 0 Å². The number of fused-ring (bicyclic) bond motifs is 3. The van der Waals surface area contributed by atoms with Crippen molar-refractivity contribution >= 4 is 11.7 Å². The number of esters is 1. The van der Waals surface area contributed by atoms with E-state index in [1.165, 1.54) is 17.7 Å². The lowest BCUT2D eigenvalue weighted by Gasteiger charge is -2.62. The fourth-order valence-corrected chi connectivity index (χ4v) is 7.15. The van der Waals surface area contributed by atoms with Crippen molar-refractivity contribution in [3.05, 3.63) is 63.7 Å². The van der Waals surface area contributed by atoms with Crippen LogP contribution in [0, 0.1) is 32.8 Å². The Bertz CT molecular complexity index is 1080. The van der Waals surface area contributed by atoms with Gasteiger partial charge < -0.3 is 19.3 Å². The highest BCUT2D eigenvalue weighted by Crippen LogP contribution is 2.63. The number of hydrogen-bond donors (Lipinski definition) is 1. The SMILES string of the molecule is C=C1CC[C@@H]2[C@]3(C)COC(c4cccc([N+](=O)[O-])c4)O[C@@H]3CC[C@@]2(C)[C@@H]1C/C=C1/C(=O)OC[C@H]1O. The first kappa shape index (κ1) is 24.2. The molecule has 188 valence electrons. The molecule has 1 aromatic rings. The number of cyclic esters (lactones) is 1. The molecule has 2 aliphatic carbocycles. The Balaban J connectivity index is 1.37. The summed E-state index contributed by atoms with van der Waals surface area (Å²) in [6, 6.07) is 6.46. The van der Waals surface area contributed by atoms with Gasteiger partial charge in [0.05, 0.1) is 23.2 Å². The predicted molar refractivity (Wildman–Crippen MR) is 127 cm³/mol. The van der Waals surface area contributed by atoms with Gasteiger partial charge in [-0.25, -0.2) is 4.79 Å². The lowest BCUT2D eigenvalue weighted by atomic mass is 9.46. The number of aliphatic hydroxyl groups excluding tert-OH is 1. The molecule has 2 heterocycles. The van der Waals surface area contributed by atoms with E-state index in [9.17, 15) is 20.0 Å². The molecule has 0 radical (unpaired) electrons. The number of carbonyl (C=O) groups is 1. The van der Waals surface area contributed by atoms with Crippen molar-refractivity contribution in [1.29, 1.82) is 0 Å². The molecule has 5 rings (SSSR count). The molecule has 4 fully saturated rings. The van der Waals surface area contributed by atoms with Gasteiger partial charge in [-0.2, -0.15) is 0 Å². The first-order chi connectivity index (χ1) is 16.6. The summed E-state index contributed by atoms with van der Waals surface area (Å²) in [5.41, 5.74) is 1.98. The van der Waals surface area contributed by atoms with Crippen LogP contribution in [0.4, 0.5) is 5.69 Å². The predicted octanol–water partition coefficient (Wildman–Crippen LogP) is 4.63. The Morgan fingerprint density at radius 1 is 1.29 bits per heavy atom. The number of ether oxygens (including phenoxy) is 3. The zero-order valence-corrected chi connectivity index (χ0v) is 20.3. The number of aliphatic hydroxyl groups is 1. The van der Waals surface area contributed by atoms with Crippen LogP contribution in [0.3, 0.4) is 0 Å². The fraction of sp³-hybridized carbons (Fsp3) is 0.593. The van der Waals surface area contributed by atoms with E-state index >= 15 is 0 Å². The highest BCUT2D eigenvalue weighted by atomic mass is 16.7. The maximum atomic E-state index is 12.0. The van der Waals surface area contributed by atoms with E-state index in [-0.39, 0.29) is 35.1 Å². The van der Waals surface area contributed by atoms with Gasteiger partial charge in [0.15, 0.2) is 6.29 Å². The molecule has 2 aliphatic heterocycles. The van der Waals surface area contributed by atoms with Crippen molar-refractivity contribution < 1.29 is 29.0 Å². The van der Waals surface area contributed by atoms with Crippen molar-refractivity contribution in [2.24, 2.45) is 22.7 Å². The molecule has 7 atom stereocenters. The molecular formula is C27H33NO7. The van der Waals surface area contributed by atoms with Crippen LogP contribution in [0.15, 0.2) is 48.1 Å². The number of allylic oxidation sites excluding steroid dienone is 2. The van der Waals surface area contributed by atoms with E-state index in [1.807, 2.05) is 12.1 Å². The van der Waals surface area contributed by atoms with Gasteiger partial charge in [0, 0.05) is 23.1 Å². The summed E-state index contributed by atoms with van der Waals surface area (Å²) in [4.78, 5) is 22.8. The summed E-state index contributed by atoms with van der Waals surface area (Å²) in [7, 11) is 0. The molecule has 2 saturated carbocycles. The normalized spacial score (nSPS) is 40.2. The molecular weight excluding hydrogens is 450 g/mol. The number of nitro groups is 1. The molecule has 4 aliphatic rings. The first-order valence-corrected chi connectivity index (χ1v) is 12.4. The van der Waals surface area contributed by atoms with Crippen LogP contribution in [-0.2, 0) is 19.0 Å². The molecule has 0 aromatic heterocycles. The molecule has 1 N–H and O–H groups in total. The minimum absolute atomic E-state index is 0.0180. The summed E-state index contributed by atoms with van der Waals surface area (Å²) in [6.45, 7) is 9.49. The molecule has 0 amide bonds. The van der Waals surface area contributed by atoms with E-state index in [0.717, 1.165) is 25.7 Å². The minimum atomic E-state index is -0.859. The topological polar surface area (TPSA) is 108 Å². The van der Waals surface area contributed by atoms with Crippen LogP contribution in [0.1, 0.15) is 57.8 Å². The van der Waals surface area contributed by atoms with Crippen LogP contribution in [0.5, 0.6) is 0 Å². The van der Waals surface area contributed by atoms with Crippen molar-refractivity contribution in [3.63, 3.8) is 0 Å². The third-order valence-corrected chi connectivity index (χ3v) is 9.04. The van der Waals surface area contributed by atoms with Crippen molar-refractivity contribution in [1.82, 2.24) is 0 Å². The van der Waals surface area contributed by atoms with Crippen molar-refractivity contribution in [3.8, 4) is 0 Å². The average Bonchev–Trinajstić information content (AvgIpc) is 3.15. The first-order valence-electron chi connectivity index (χ1n) is 12.4. The van der Waals surface area contributed by atoms with Gasteiger partial charge >= 0.3 is 5.97 Å². The largest absolute Gasteiger partial charge is 0.459 e. The third-order valence-electron chi connectivity index (χ3n) is 9.04. The molecule has 8 nitrogen and oxygen atoms in total. The summed E-state index contributed by atoms with van der Waals surface area (Å²) < 4.78 is 17.7. The second-order valence-corrected chi connectivity index (χ2v) is 11.0. The average molecular weight is 484 g/mol. The van der Waals surface area contributed by atoms with Gasteiger partial charge in [-0.3, -0.25) is 10.1 Å². The number of nitro benzene ring substituents is 1. The van der Waals surface area contributed by atoms with Gasteiger partial charge in [0.1, 0.15) is 12.7 Å². The lowest BCUT2D eigenvalue weighted by molar-refractivity contribution is -0.385. The number of carbonyl (C=O) groups excluding carboxylic acids is 1. The third kappa shape index (κ3) is 4.01. The maximum absolute atomic E-state index is 12.0. The quantitative estimate of drug-likeness (QED) is 0.219. The summed E-state index contributed by atoms with van der Waals surface area (Å²) in [5, 5.41) is 21.3. The Kier molecular flexibility index (Phi) is 6.10. The Hall–Kier alpha value is -2.55. The van der Waals surface area contributed by atoms with E-state index in [4.69, 9.17) is 14.2 Å². The van der Waals surface area contributed by atoms with Crippen molar-refractivity contribution in [2.45, 2.75) is 64.4 Å². The number of hydrogen-bond acceptors (Lipinski definition) is 7. The minimum Gasteiger partial charge on any atom is -0.459 e. The van der Waals surface area contributed by atoms with Crippen LogP contribution >= 0.6 is 0 Å². The van der Waals surface area contributed by atoms with Gasteiger partial charge in [-0.05, 0) is 49.4 Å². The fourth-order valence-electron chi connectivity index (χ4n) is 7.15. The highest BCUT2D eigenvalue weighted by Gasteiger charge is 2.60. The van der Waals surface area contributed by atoms with Gasteiger partial charge in [0.2, 0.25) is 0 Å². The van der Waals surface area contributed by atoms with E-state index in [0.29, 0.717) is 30.1 Å². The lowest BCUT2D eigenvalue weighted by Crippen LogP contribution is -2.60. The van der Waals surface area contributed by atoms with Gasteiger partial charge in [-0.15, -0.1) is 0 Å². The maximum Gasteiger partial charge on any atom is 0.336 e. The molecule has 1 unspecified atom stereocenters. The van der Waals surface area contributed by atoms with Crippen LogP contribution in [-0.4, -0.2) is 41.4 Å². The summed E-state index contributed by atoms with van der Waals surface area (Å²) in [6.07, 6.45) is 4.69. The molecule has 0 spiro atoms. The van der Waals surface area contributed by atoms with E-state index in [2.05, 4.69) is 20.4 Å². The Labute approximate surface area is 205 Å². The second-order valence-electron chi connectivity index (χ2n) is 11.0. The van der Waals surface area contributed by atoms with Gasteiger partial charge in [-0.1, -0.05) is 44.2 Å². The van der Waals surface area contributed by atoms with Crippen LogP contribution in [0.25, 0.3) is 0 Å². The Morgan fingerprint density at radius 2 is 2.09 bits per heavy atom. The monoisotopic (exact) mass is 483 g/mol. The zero-order valence-electron chi connectivity index (χ0n) is 20.3. The number of rotatable bonds is 4. The Morgan fingerprint density at radius 3 is 2.80 bits per heavy atom. The summed E-state index contributed by atoms with van der Waals surface area (Å²) >= 11 is 0.